The fraction of sp³-hybridized carbons (Fsp3) is 0.867. The van der Waals surface area contributed by atoms with Gasteiger partial charge in [0.2, 0.25) is 0 Å². The molecular weight excluding hydrogens is 244 g/mol. The first kappa shape index (κ1) is 13.7. The van der Waals surface area contributed by atoms with Crippen molar-refractivity contribution in [3.05, 3.63) is 0 Å². The molecule has 2 fully saturated rings. The highest BCUT2D eigenvalue weighted by Crippen LogP contribution is 2.45. The van der Waals surface area contributed by atoms with E-state index < -0.39 is 0 Å². The monoisotopic (exact) mass is 268 g/mol. The van der Waals surface area contributed by atoms with Crippen molar-refractivity contribution >= 4 is 23.5 Å². The Hall–Kier alpha value is 0.260. The Bertz CT molecular complexity index is 263. The summed E-state index contributed by atoms with van der Waals surface area (Å²) in [7, 11) is 0. The highest BCUT2D eigenvalue weighted by molar-refractivity contribution is 8.17. The van der Waals surface area contributed by atoms with Gasteiger partial charge in [-0.3, -0.25) is 0 Å². The zero-order valence-corrected chi connectivity index (χ0v) is 12.7. The molecule has 0 radical (unpaired) electrons. The molecule has 0 unspecified atom stereocenters. The van der Waals surface area contributed by atoms with E-state index in [2.05, 4.69) is 43.3 Å². The van der Waals surface area contributed by atoms with Gasteiger partial charge in [0.05, 0.1) is 4.58 Å². The van der Waals surface area contributed by atoms with Crippen LogP contribution in [-0.4, -0.2) is 16.1 Å². The normalized spacial score (nSPS) is 38.9. The third-order valence-electron chi connectivity index (χ3n) is 4.28. The molecule has 96 valence electrons. The van der Waals surface area contributed by atoms with Crippen molar-refractivity contribution in [2.45, 2.75) is 44.1 Å². The van der Waals surface area contributed by atoms with Crippen molar-refractivity contribution in [1.82, 2.24) is 0 Å². The quantitative estimate of drug-likeness (QED) is 0.676. The van der Waals surface area contributed by atoms with E-state index in [4.69, 9.17) is 6.42 Å². The molecule has 1 saturated carbocycles. The molecule has 0 amide bonds. The smallest absolute Gasteiger partial charge is 0.0530 e. The Kier molecular flexibility index (Phi) is 5.18. The first-order chi connectivity index (χ1) is 8.20. The van der Waals surface area contributed by atoms with Crippen molar-refractivity contribution in [2.24, 2.45) is 23.7 Å². The van der Waals surface area contributed by atoms with Crippen LogP contribution in [0.1, 0.15) is 39.5 Å². The van der Waals surface area contributed by atoms with Crippen molar-refractivity contribution in [2.75, 3.05) is 11.5 Å². The van der Waals surface area contributed by atoms with E-state index in [9.17, 15) is 0 Å². The summed E-state index contributed by atoms with van der Waals surface area (Å²) in [5, 5.41) is 0. The zero-order valence-electron chi connectivity index (χ0n) is 11.0. The van der Waals surface area contributed by atoms with Crippen LogP contribution >= 0.6 is 23.5 Å². The van der Waals surface area contributed by atoms with Crippen LogP contribution in [0.3, 0.4) is 0 Å². The summed E-state index contributed by atoms with van der Waals surface area (Å²) in [5.74, 6) is 8.99. The van der Waals surface area contributed by atoms with Crippen molar-refractivity contribution in [3.63, 3.8) is 0 Å². The van der Waals surface area contributed by atoms with Crippen LogP contribution in [0.5, 0.6) is 0 Å². The molecule has 17 heavy (non-hydrogen) atoms. The van der Waals surface area contributed by atoms with E-state index in [0.29, 0.717) is 5.92 Å². The summed E-state index contributed by atoms with van der Waals surface area (Å²) in [6.45, 7) is 4.73. The number of rotatable bonds is 2. The largest absolute Gasteiger partial charge is 0.147 e. The van der Waals surface area contributed by atoms with Crippen molar-refractivity contribution < 1.29 is 0 Å². The summed E-state index contributed by atoms with van der Waals surface area (Å²) in [5.41, 5.74) is 0. The molecule has 1 aliphatic heterocycles. The molecule has 0 aromatic heterocycles. The Morgan fingerprint density at radius 1 is 1.06 bits per heavy atom. The topological polar surface area (TPSA) is 0 Å². The van der Waals surface area contributed by atoms with E-state index in [-0.39, 0.29) is 0 Å². The molecule has 2 aliphatic rings. The van der Waals surface area contributed by atoms with Crippen LogP contribution in [-0.2, 0) is 0 Å². The maximum absolute atomic E-state index is 5.52. The van der Waals surface area contributed by atoms with Gasteiger partial charge in [-0.1, -0.05) is 13.8 Å². The molecule has 1 heterocycles. The van der Waals surface area contributed by atoms with Gasteiger partial charge in [-0.05, 0) is 54.9 Å². The minimum absolute atomic E-state index is 0.577. The molecular formula is C15H24S2. The third kappa shape index (κ3) is 3.61. The molecule has 0 aromatic carbocycles. The Balaban J connectivity index is 1.76. The predicted molar refractivity (Wildman–Crippen MR) is 81.3 cm³/mol. The predicted octanol–water partition coefficient (Wildman–Crippen LogP) is 4.50. The fourth-order valence-corrected chi connectivity index (χ4v) is 6.72. The van der Waals surface area contributed by atoms with Crippen LogP contribution in [0, 0.1) is 36.0 Å². The molecule has 2 rings (SSSR count). The Labute approximate surface area is 115 Å². The average molecular weight is 268 g/mol. The zero-order chi connectivity index (χ0) is 12.3. The van der Waals surface area contributed by atoms with Gasteiger partial charge in [-0.25, -0.2) is 0 Å². The summed E-state index contributed by atoms with van der Waals surface area (Å²) in [6, 6.07) is 0. The molecule has 1 aliphatic carbocycles. The number of hydrogen-bond donors (Lipinski definition) is 0. The molecule has 1 saturated heterocycles. The third-order valence-corrected chi connectivity index (χ3v) is 7.77. The van der Waals surface area contributed by atoms with E-state index in [1.807, 2.05) is 0 Å². The van der Waals surface area contributed by atoms with Gasteiger partial charge in [-0.15, -0.1) is 35.9 Å². The van der Waals surface area contributed by atoms with Crippen LogP contribution in [0.4, 0.5) is 0 Å². The average Bonchev–Trinajstić information content (AvgIpc) is 2.39. The summed E-state index contributed by atoms with van der Waals surface area (Å²) >= 11 is 4.45. The van der Waals surface area contributed by atoms with E-state index in [1.165, 1.54) is 37.2 Å². The van der Waals surface area contributed by atoms with Crippen LogP contribution in [0.15, 0.2) is 0 Å². The summed E-state index contributed by atoms with van der Waals surface area (Å²) in [6.07, 6.45) is 10.8. The van der Waals surface area contributed by atoms with Crippen molar-refractivity contribution in [1.29, 1.82) is 0 Å². The molecule has 0 nitrogen and oxygen atoms in total. The standard InChI is InChI=1S/C15H24S2/c1-4-12-5-7-13(8-6-12)15-16-9-14(10-17-15)11(2)3/h1,11-15H,5-10H2,2-3H3/t12-,13-,14-,15-. The van der Waals surface area contributed by atoms with Gasteiger partial charge in [0, 0.05) is 5.92 Å². The molecule has 0 N–H and O–H groups in total. The lowest BCUT2D eigenvalue weighted by Gasteiger charge is -2.37. The van der Waals surface area contributed by atoms with Gasteiger partial charge < -0.3 is 0 Å². The van der Waals surface area contributed by atoms with Crippen LogP contribution < -0.4 is 0 Å². The maximum Gasteiger partial charge on any atom is 0.0530 e. The second-order valence-electron chi connectivity index (χ2n) is 5.82. The Morgan fingerprint density at radius 3 is 2.12 bits per heavy atom. The van der Waals surface area contributed by atoms with Crippen LogP contribution in [0.2, 0.25) is 0 Å². The van der Waals surface area contributed by atoms with E-state index >= 15 is 0 Å². The Morgan fingerprint density at radius 2 is 1.65 bits per heavy atom. The minimum Gasteiger partial charge on any atom is -0.147 e. The number of terminal acetylenes is 1. The van der Waals surface area contributed by atoms with Gasteiger partial charge in [0.1, 0.15) is 0 Å². The molecule has 2 heteroatoms. The van der Waals surface area contributed by atoms with Gasteiger partial charge >= 0.3 is 0 Å². The maximum atomic E-state index is 5.52. The summed E-state index contributed by atoms with van der Waals surface area (Å²) < 4.78 is 0.865. The second kappa shape index (κ2) is 6.43. The second-order valence-corrected chi connectivity index (χ2v) is 8.46. The highest BCUT2D eigenvalue weighted by atomic mass is 32.2. The molecule has 0 atom stereocenters. The van der Waals surface area contributed by atoms with E-state index in [1.54, 1.807) is 0 Å². The molecule has 0 aromatic rings. The number of hydrogen-bond acceptors (Lipinski definition) is 2. The van der Waals surface area contributed by atoms with Crippen LogP contribution in [0.25, 0.3) is 0 Å². The molecule has 0 spiro atoms. The first-order valence-corrected chi connectivity index (χ1v) is 8.99. The van der Waals surface area contributed by atoms with Gasteiger partial charge in [0.25, 0.3) is 0 Å². The first-order valence-electron chi connectivity index (χ1n) is 6.90. The fourth-order valence-electron chi connectivity index (χ4n) is 2.75. The lowest BCUT2D eigenvalue weighted by molar-refractivity contribution is 0.333. The van der Waals surface area contributed by atoms with Gasteiger partial charge in [0.15, 0.2) is 0 Å². The highest BCUT2D eigenvalue weighted by Gasteiger charge is 2.32. The SMILES string of the molecule is C#C[C@H]1CC[C@H]([C@H]2SC[C@H](C(C)C)CS2)CC1. The summed E-state index contributed by atoms with van der Waals surface area (Å²) in [4.78, 5) is 0. The number of thioether (sulfide) groups is 2. The molecule has 0 bridgehead atoms. The van der Waals surface area contributed by atoms with E-state index in [0.717, 1.165) is 22.3 Å². The lowest BCUT2D eigenvalue weighted by Crippen LogP contribution is -2.28. The lowest BCUT2D eigenvalue weighted by atomic mass is 9.83. The van der Waals surface area contributed by atoms with Crippen molar-refractivity contribution in [3.8, 4) is 12.3 Å². The minimum atomic E-state index is 0.577. The van der Waals surface area contributed by atoms with Gasteiger partial charge in [-0.2, -0.15) is 0 Å².